The molecule has 0 aliphatic carbocycles. The molecular weight excluding hydrogens is 198 g/mol. The summed E-state index contributed by atoms with van der Waals surface area (Å²) in [6, 6.07) is 4.22. The van der Waals surface area contributed by atoms with Crippen LogP contribution < -0.4 is 5.73 Å². The highest BCUT2D eigenvalue weighted by Gasteiger charge is 2.20. The van der Waals surface area contributed by atoms with Crippen LogP contribution in [-0.4, -0.2) is 19.5 Å². The topological polar surface area (TPSA) is 44.5 Å². The molecule has 1 saturated heterocycles. The normalized spacial score (nSPS) is 20.1. The second-order valence-electron chi connectivity index (χ2n) is 3.46. The molecule has 1 unspecified atom stereocenters. The number of hydrogen-bond acceptors (Lipinski definition) is 4. The van der Waals surface area contributed by atoms with Crippen LogP contribution in [0.15, 0.2) is 12.1 Å². The summed E-state index contributed by atoms with van der Waals surface area (Å²) >= 11 is 1.74. The molecule has 2 heterocycles. The molecule has 14 heavy (non-hydrogen) atoms. The van der Waals surface area contributed by atoms with E-state index in [9.17, 15) is 0 Å². The fraction of sp³-hybridized carbons (Fsp3) is 0.600. The van der Waals surface area contributed by atoms with E-state index in [1.165, 1.54) is 9.75 Å². The maximum Gasteiger partial charge on any atom is 0.159 e. The molecule has 1 fully saturated rings. The maximum absolute atomic E-state index is 6.04. The van der Waals surface area contributed by atoms with Crippen molar-refractivity contribution in [2.75, 3.05) is 13.2 Å². The summed E-state index contributed by atoms with van der Waals surface area (Å²) in [6.45, 7) is 3.48. The molecule has 1 aliphatic rings. The fourth-order valence-electron chi connectivity index (χ4n) is 1.52. The minimum absolute atomic E-state index is 0.0387. The Labute approximate surface area is 87.8 Å². The van der Waals surface area contributed by atoms with Crippen LogP contribution >= 0.6 is 11.3 Å². The Kier molecular flexibility index (Phi) is 3.18. The van der Waals surface area contributed by atoms with Crippen molar-refractivity contribution in [2.24, 2.45) is 5.73 Å². The monoisotopic (exact) mass is 213 g/mol. The van der Waals surface area contributed by atoms with Crippen LogP contribution in [-0.2, 0) is 9.47 Å². The first-order chi connectivity index (χ1) is 6.75. The Hall–Kier alpha value is -0.420. The molecule has 2 N–H and O–H groups in total. The average molecular weight is 213 g/mol. The molecule has 0 amide bonds. The summed E-state index contributed by atoms with van der Waals surface area (Å²) in [6.07, 6.45) is 0.646. The molecule has 0 radical (unpaired) electrons. The van der Waals surface area contributed by atoms with E-state index < -0.39 is 0 Å². The second-order valence-corrected chi connectivity index (χ2v) is 4.78. The standard InChI is InChI=1S/C10H15NO2S/c1-7-2-3-9(14-7)8(11)6-10-12-4-5-13-10/h2-3,8,10H,4-6,11H2,1H3. The van der Waals surface area contributed by atoms with Gasteiger partial charge in [0.25, 0.3) is 0 Å². The van der Waals surface area contributed by atoms with Crippen LogP contribution in [0, 0.1) is 6.92 Å². The molecule has 1 aromatic rings. The van der Waals surface area contributed by atoms with Gasteiger partial charge in [0, 0.05) is 22.2 Å². The van der Waals surface area contributed by atoms with Gasteiger partial charge in [-0.25, -0.2) is 0 Å². The van der Waals surface area contributed by atoms with Crippen molar-refractivity contribution in [2.45, 2.75) is 25.7 Å². The molecule has 0 aromatic carbocycles. The first-order valence-corrected chi connectivity index (χ1v) is 5.62. The highest BCUT2D eigenvalue weighted by molar-refractivity contribution is 7.12. The van der Waals surface area contributed by atoms with Crippen LogP contribution in [0.2, 0.25) is 0 Å². The minimum atomic E-state index is -0.104. The lowest BCUT2D eigenvalue weighted by atomic mass is 10.2. The fourth-order valence-corrected chi connectivity index (χ4v) is 2.41. The first kappa shape index (κ1) is 10.1. The lowest BCUT2D eigenvalue weighted by molar-refractivity contribution is -0.0505. The molecule has 0 spiro atoms. The van der Waals surface area contributed by atoms with Crippen molar-refractivity contribution in [1.82, 2.24) is 0 Å². The third kappa shape index (κ3) is 2.33. The minimum Gasteiger partial charge on any atom is -0.350 e. The summed E-state index contributed by atoms with van der Waals surface area (Å²) in [5.41, 5.74) is 6.04. The van der Waals surface area contributed by atoms with E-state index in [0.717, 1.165) is 6.42 Å². The van der Waals surface area contributed by atoms with Gasteiger partial charge in [-0.05, 0) is 19.1 Å². The summed E-state index contributed by atoms with van der Waals surface area (Å²) in [7, 11) is 0. The van der Waals surface area contributed by atoms with Crippen LogP contribution in [0.1, 0.15) is 22.2 Å². The van der Waals surface area contributed by atoms with Gasteiger partial charge in [-0.1, -0.05) is 0 Å². The molecular formula is C10H15NO2S. The summed E-state index contributed by atoms with van der Waals surface area (Å²) < 4.78 is 10.7. The highest BCUT2D eigenvalue weighted by atomic mass is 32.1. The molecule has 2 rings (SSSR count). The number of hydrogen-bond donors (Lipinski definition) is 1. The first-order valence-electron chi connectivity index (χ1n) is 4.81. The van der Waals surface area contributed by atoms with Gasteiger partial charge in [0.05, 0.1) is 13.2 Å². The van der Waals surface area contributed by atoms with E-state index in [-0.39, 0.29) is 12.3 Å². The molecule has 1 atom stereocenters. The van der Waals surface area contributed by atoms with Crippen molar-refractivity contribution in [1.29, 1.82) is 0 Å². The predicted octanol–water partition coefficient (Wildman–Crippen LogP) is 1.82. The molecule has 78 valence electrons. The van der Waals surface area contributed by atoms with Crippen molar-refractivity contribution in [3.8, 4) is 0 Å². The SMILES string of the molecule is Cc1ccc(C(N)CC2OCCO2)s1. The van der Waals surface area contributed by atoms with Crippen LogP contribution in [0.25, 0.3) is 0 Å². The zero-order valence-corrected chi connectivity index (χ0v) is 9.05. The van der Waals surface area contributed by atoms with E-state index in [4.69, 9.17) is 15.2 Å². The second kappa shape index (κ2) is 4.40. The average Bonchev–Trinajstić information content (AvgIpc) is 2.75. The molecule has 3 nitrogen and oxygen atoms in total. The van der Waals surface area contributed by atoms with E-state index in [1.807, 2.05) is 0 Å². The number of thiophene rings is 1. The van der Waals surface area contributed by atoms with Gasteiger partial charge < -0.3 is 15.2 Å². The zero-order valence-electron chi connectivity index (χ0n) is 8.23. The number of nitrogens with two attached hydrogens (primary N) is 1. The Bertz CT molecular complexity index is 294. The third-order valence-electron chi connectivity index (χ3n) is 2.26. The van der Waals surface area contributed by atoms with Crippen molar-refractivity contribution >= 4 is 11.3 Å². The Morgan fingerprint density at radius 3 is 2.79 bits per heavy atom. The van der Waals surface area contributed by atoms with Gasteiger partial charge in [-0.3, -0.25) is 0 Å². The van der Waals surface area contributed by atoms with Gasteiger partial charge in [-0.2, -0.15) is 0 Å². The van der Waals surface area contributed by atoms with Crippen LogP contribution in [0.4, 0.5) is 0 Å². The van der Waals surface area contributed by atoms with Gasteiger partial charge >= 0.3 is 0 Å². The van der Waals surface area contributed by atoms with Crippen LogP contribution in [0.3, 0.4) is 0 Å². The number of ether oxygens (including phenoxy) is 2. The lowest BCUT2D eigenvalue weighted by Crippen LogP contribution is -2.18. The third-order valence-corrected chi connectivity index (χ3v) is 3.40. The molecule has 0 saturated carbocycles. The van der Waals surface area contributed by atoms with Crippen molar-refractivity contribution in [3.05, 3.63) is 21.9 Å². The van der Waals surface area contributed by atoms with Crippen molar-refractivity contribution in [3.63, 3.8) is 0 Å². The lowest BCUT2D eigenvalue weighted by Gasteiger charge is -2.13. The van der Waals surface area contributed by atoms with Gasteiger partial charge in [0.15, 0.2) is 6.29 Å². The van der Waals surface area contributed by atoms with Crippen LogP contribution in [0.5, 0.6) is 0 Å². The summed E-state index contributed by atoms with van der Waals surface area (Å²) in [5, 5.41) is 0. The highest BCUT2D eigenvalue weighted by Crippen LogP contribution is 2.25. The van der Waals surface area contributed by atoms with E-state index in [0.29, 0.717) is 13.2 Å². The molecule has 4 heteroatoms. The molecule has 1 aliphatic heterocycles. The number of rotatable bonds is 3. The van der Waals surface area contributed by atoms with Gasteiger partial charge in [-0.15, -0.1) is 11.3 Å². The van der Waals surface area contributed by atoms with Crippen molar-refractivity contribution < 1.29 is 9.47 Å². The smallest absolute Gasteiger partial charge is 0.159 e. The van der Waals surface area contributed by atoms with E-state index >= 15 is 0 Å². The Morgan fingerprint density at radius 1 is 1.50 bits per heavy atom. The number of aryl methyl sites for hydroxylation is 1. The quantitative estimate of drug-likeness (QED) is 0.833. The zero-order chi connectivity index (χ0) is 9.97. The maximum atomic E-state index is 6.04. The Balaban J connectivity index is 1.91. The Morgan fingerprint density at radius 2 is 2.21 bits per heavy atom. The predicted molar refractivity (Wildman–Crippen MR) is 56.3 cm³/mol. The summed E-state index contributed by atoms with van der Waals surface area (Å²) in [4.78, 5) is 2.50. The molecule has 0 bridgehead atoms. The molecule has 1 aromatic heterocycles. The van der Waals surface area contributed by atoms with Gasteiger partial charge in [0.1, 0.15) is 0 Å². The van der Waals surface area contributed by atoms with Gasteiger partial charge in [0.2, 0.25) is 0 Å². The largest absolute Gasteiger partial charge is 0.350 e. The summed E-state index contributed by atoms with van der Waals surface area (Å²) in [5.74, 6) is 0. The van der Waals surface area contributed by atoms with E-state index in [1.54, 1.807) is 11.3 Å². The van der Waals surface area contributed by atoms with E-state index in [2.05, 4.69) is 19.1 Å².